The van der Waals surface area contributed by atoms with Gasteiger partial charge in [0.05, 0.1) is 11.1 Å². The average molecular weight is 713 g/mol. The zero-order valence-corrected chi connectivity index (χ0v) is 27.4. The van der Waals surface area contributed by atoms with Gasteiger partial charge in [0, 0.05) is 29.4 Å². The lowest BCUT2D eigenvalue weighted by Crippen LogP contribution is -2.47. The lowest BCUT2D eigenvalue weighted by molar-refractivity contribution is -0.141. The number of hydrogen-bond acceptors (Lipinski definition) is 3. The predicted octanol–water partition coefficient (Wildman–Crippen LogP) is 9.40. The SMILES string of the molecule is O=C(Nc1ccc2nn(CCCC3(C(=O)NCC(F)(F)F)c4ccccc4-c4ccccc43)cc2c1)c1ccccc1-c1ccc(C(F)(F)F)cc1. The van der Waals surface area contributed by atoms with E-state index in [1.165, 1.54) is 12.1 Å². The van der Waals surface area contributed by atoms with Gasteiger partial charge in [0.15, 0.2) is 0 Å². The van der Waals surface area contributed by atoms with Gasteiger partial charge in [-0.25, -0.2) is 0 Å². The summed E-state index contributed by atoms with van der Waals surface area (Å²) in [6.45, 7) is -1.09. The third-order valence-electron chi connectivity index (χ3n) is 9.34. The molecule has 0 atom stereocenters. The van der Waals surface area contributed by atoms with Gasteiger partial charge in [-0.1, -0.05) is 78.9 Å². The molecule has 7 rings (SSSR count). The van der Waals surface area contributed by atoms with Gasteiger partial charge in [-0.2, -0.15) is 31.4 Å². The Morgan fingerprint density at radius 1 is 0.731 bits per heavy atom. The smallest absolute Gasteiger partial charge is 0.346 e. The first kappa shape index (κ1) is 34.5. The number of nitrogens with zero attached hydrogens (tertiary/aromatic N) is 2. The van der Waals surface area contributed by atoms with Crippen LogP contribution >= 0.6 is 0 Å². The number of hydrogen-bond donors (Lipinski definition) is 2. The van der Waals surface area contributed by atoms with E-state index >= 15 is 0 Å². The molecule has 0 radical (unpaired) electrons. The monoisotopic (exact) mass is 712 g/mol. The number of aryl methyl sites for hydroxylation is 1. The topological polar surface area (TPSA) is 76.0 Å². The standard InChI is InChI=1S/C40H30F6N4O2/c41-39(42,43)24-47-37(52)38(33-12-5-3-9-30(33)31-10-4-6-13-34(31)38)20-7-21-50-23-26-22-28(18-19-35(26)49-50)48-36(51)32-11-2-1-8-29(32)25-14-16-27(17-15-25)40(44,45)46/h1-6,8-19,22-23H,7,20-21,24H2,(H,47,52)(H,48,51). The van der Waals surface area contributed by atoms with E-state index in [2.05, 4.69) is 15.7 Å². The number of halogens is 6. The third-order valence-corrected chi connectivity index (χ3v) is 9.34. The molecular weight excluding hydrogens is 682 g/mol. The highest BCUT2D eigenvalue weighted by molar-refractivity contribution is 6.09. The van der Waals surface area contributed by atoms with Crippen molar-refractivity contribution in [1.29, 1.82) is 0 Å². The number of rotatable bonds is 9. The van der Waals surface area contributed by atoms with Gasteiger partial charge in [0.2, 0.25) is 5.91 Å². The summed E-state index contributed by atoms with van der Waals surface area (Å²) in [4.78, 5) is 27.2. The van der Waals surface area contributed by atoms with Crippen molar-refractivity contribution in [2.45, 2.75) is 37.2 Å². The summed E-state index contributed by atoms with van der Waals surface area (Å²) in [5.74, 6) is -1.17. The Morgan fingerprint density at radius 3 is 1.98 bits per heavy atom. The van der Waals surface area contributed by atoms with Gasteiger partial charge in [0.1, 0.15) is 12.0 Å². The van der Waals surface area contributed by atoms with Crippen LogP contribution in [0.25, 0.3) is 33.2 Å². The number of alkyl halides is 6. The first-order valence-electron chi connectivity index (χ1n) is 16.4. The lowest BCUT2D eigenvalue weighted by atomic mass is 9.73. The highest BCUT2D eigenvalue weighted by atomic mass is 19.4. The van der Waals surface area contributed by atoms with E-state index in [-0.39, 0.29) is 12.0 Å². The van der Waals surface area contributed by atoms with Crippen molar-refractivity contribution in [3.8, 4) is 22.3 Å². The van der Waals surface area contributed by atoms with Crippen LogP contribution in [0.1, 0.15) is 39.9 Å². The first-order valence-corrected chi connectivity index (χ1v) is 16.4. The van der Waals surface area contributed by atoms with E-state index < -0.39 is 41.7 Å². The molecule has 2 amide bonds. The molecule has 0 unspecified atom stereocenters. The highest BCUT2D eigenvalue weighted by Gasteiger charge is 2.49. The molecule has 0 saturated heterocycles. The molecule has 1 aromatic heterocycles. The molecular formula is C40H30F6N4O2. The third kappa shape index (κ3) is 6.63. The van der Waals surface area contributed by atoms with E-state index in [9.17, 15) is 35.9 Å². The normalized spacial score (nSPS) is 13.4. The maximum atomic E-state index is 13.8. The fraction of sp³-hybridized carbons (Fsp3) is 0.175. The Hall–Kier alpha value is -5.91. The van der Waals surface area contributed by atoms with Gasteiger partial charge >= 0.3 is 12.4 Å². The van der Waals surface area contributed by atoms with E-state index in [1.807, 2.05) is 24.3 Å². The van der Waals surface area contributed by atoms with Crippen LogP contribution in [0.4, 0.5) is 32.0 Å². The molecule has 0 aliphatic heterocycles. The van der Waals surface area contributed by atoms with Crippen molar-refractivity contribution >= 4 is 28.4 Å². The molecule has 52 heavy (non-hydrogen) atoms. The number of aromatic nitrogens is 2. The summed E-state index contributed by atoms with van der Waals surface area (Å²) in [6.07, 6.45) is -6.64. The lowest BCUT2D eigenvalue weighted by Gasteiger charge is -2.31. The Morgan fingerprint density at radius 2 is 1.35 bits per heavy atom. The minimum absolute atomic E-state index is 0.223. The molecule has 1 aliphatic carbocycles. The molecule has 6 aromatic rings. The molecule has 0 fully saturated rings. The van der Waals surface area contributed by atoms with Crippen LogP contribution in [0.3, 0.4) is 0 Å². The van der Waals surface area contributed by atoms with Gasteiger partial charge in [-0.15, -0.1) is 0 Å². The summed E-state index contributed by atoms with van der Waals surface area (Å²) in [5, 5.41) is 10.4. The van der Waals surface area contributed by atoms with E-state index in [1.54, 1.807) is 77.6 Å². The van der Waals surface area contributed by atoms with Crippen LogP contribution in [0.2, 0.25) is 0 Å². The largest absolute Gasteiger partial charge is 0.416 e. The Bertz CT molecular complexity index is 2250. The van der Waals surface area contributed by atoms with Crippen molar-refractivity contribution in [1.82, 2.24) is 15.1 Å². The second-order valence-corrected chi connectivity index (χ2v) is 12.6. The van der Waals surface area contributed by atoms with Gasteiger partial charge in [-0.05, 0) is 82.6 Å². The minimum Gasteiger partial charge on any atom is -0.346 e. The number of carbonyl (C=O) groups is 2. The fourth-order valence-electron chi connectivity index (χ4n) is 7.03. The number of anilines is 1. The molecule has 0 saturated carbocycles. The van der Waals surface area contributed by atoms with E-state index in [0.717, 1.165) is 23.3 Å². The Balaban J connectivity index is 1.09. The van der Waals surface area contributed by atoms with E-state index in [4.69, 9.17) is 0 Å². The fourth-order valence-corrected chi connectivity index (χ4v) is 7.03. The molecule has 6 nitrogen and oxygen atoms in total. The van der Waals surface area contributed by atoms with Crippen LogP contribution in [-0.4, -0.2) is 34.3 Å². The number of nitrogens with one attached hydrogen (secondary N) is 2. The van der Waals surface area contributed by atoms with Crippen molar-refractivity contribution in [3.05, 3.63) is 144 Å². The molecule has 0 spiro atoms. The zero-order chi connectivity index (χ0) is 36.7. The summed E-state index contributed by atoms with van der Waals surface area (Å²) >= 11 is 0. The van der Waals surface area contributed by atoms with Gasteiger partial charge < -0.3 is 10.6 Å². The zero-order valence-electron chi connectivity index (χ0n) is 27.4. The van der Waals surface area contributed by atoms with Crippen LogP contribution in [0.15, 0.2) is 121 Å². The molecule has 1 heterocycles. The van der Waals surface area contributed by atoms with Crippen LogP contribution in [0, 0.1) is 0 Å². The summed E-state index contributed by atoms with van der Waals surface area (Å²) in [5.41, 5.74) is 3.12. The Labute approximate surface area is 294 Å². The van der Waals surface area contributed by atoms with Gasteiger partial charge in [-0.3, -0.25) is 14.3 Å². The second kappa shape index (κ2) is 13.3. The number of benzene rings is 5. The maximum Gasteiger partial charge on any atom is 0.416 e. The molecule has 2 N–H and O–H groups in total. The summed E-state index contributed by atoms with van der Waals surface area (Å²) < 4.78 is 80.7. The van der Waals surface area contributed by atoms with Gasteiger partial charge in [0.25, 0.3) is 5.91 Å². The average Bonchev–Trinajstić information content (AvgIpc) is 3.66. The van der Waals surface area contributed by atoms with Crippen molar-refractivity contribution < 1.29 is 35.9 Å². The predicted molar refractivity (Wildman–Crippen MR) is 186 cm³/mol. The maximum absolute atomic E-state index is 13.8. The van der Waals surface area contributed by atoms with Crippen molar-refractivity contribution in [2.75, 3.05) is 11.9 Å². The van der Waals surface area contributed by atoms with Crippen LogP contribution < -0.4 is 10.6 Å². The quantitative estimate of drug-likeness (QED) is 0.147. The van der Waals surface area contributed by atoms with Crippen LogP contribution in [0.5, 0.6) is 0 Å². The summed E-state index contributed by atoms with van der Waals surface area (Å²) in [6, 6.07) is 31.0. The van der Waals surface area contributed by atoms with Crippen molar-refractivity contribution in [2.24, 2.45) is 0 Å². The first-order chi connectivity index (χ1) is 24.8. The Kier molecular flexibility index (Phi) is 8.85. The molecule has 264 valence electrons. The second-order valence-electron chi connectivity index (χ2n) is 12.6. The molecule has 5 aromatic carbocycles. The van der Waals surface area contributed by atoms with E-state index in [0.29, 0.717) is 51.8 Å². The van der Waals surface area contributed by atoms with Crippen molar-refractivity contribution in [3.63, 3.8) is 0 Å². The van der Waals surface area contributed by atoms with Crippen LogP contribution in [-0.2, 0) is 22.9 Å². The number of carbonyl (C=O) groups excluding carboxylic acids is 2. The summed E-state index contributed by atoms with van der Waals surface area (Å²) in [7, 11) is 0. The highest BCUT2D eigenvalue weighted by Crippen LogP contribution is 2.51. The number of fused-ring (bicyclic) bond motifs is 4. The molecule has 0 bridgehead atoms. The molecule has 1 aliphatic rings. The molecule has 12 heteroatoms. The number of amides is 2. The minimum atomic E-state index is -4.57.